The molecule has 150 valence electrons. The molecule has 6 nitrogen and oxygen atoms in total. The number of nitrogens with zero attached hydrogens (tertiary/aromatic N) is 1. The van der Waals surface area contributed by atoms with Crippen LogP contribution in [0.3, 0.4) is 0 Å². The van der Waals surface area contributed by atoms with Crippen molar-refractivity contribution in [2.45, 2.75) is 26.1 Å². The van der Waals surface area contributed by atoms with Gasteiger partial charge in [-0.1, -0.05) is 42.5 Å². The van der Waals surface area contributed by atoms with E-state index in [2.05, 4.69) is 4.98 Å². The number of aliphatic carboxylic acids is 1. The van der Waals surface area contributed by atoms with Gasteiger partial charge in [-0.15, -0.1) is 0 Å². The number of hydrogen-bond donors (Lipinski definition) is 1. The van der Waals surface area contributed by atoms with Crippen LogP contribution in [-0.2, 0) is 24.4 Å². The normalized spacial score (nSPS) is 10.4. The summed E-state index contributed by atoms with van der Waals surface area (Å²) in [6.07, 6.45) is 1.92. The molecule has 3 aromatic rings. The highest BCUT2D eigenvalue weighted by atomic mass is 16.5. The molecule has 29 heavy (non-hydrogen) atoms. The van der Waals surface area contributed by atoms with Crippen molar-refractivity contribution in [3.8, 4) is 17.2 Å². The third kappa shape index (κ3) is 6.24. The molecule has 1 aromatic heterocycles. The lowest BCUT2D eigenvalue weighted by Crippen LogP contribution is -2.04. The zero-order chi connectivity index (χ0) is 20.5. The first-order valence-corrected chi connectivity index (χ1v) is 9.27. The van der Waals surface area contributed by atoms with Crippen molar-refractivity contribution in [2.24, 2.45) is 0 Å². The second-order valence-corrected chi connectivity index (χ2v) is 6.43. The fourth-order valence-corrected chi connectivity index (χ4v) is 2.68. The molecule has 0 aliphatic carbocycles. The molecular formula is C23H23NO5. The Morgan fingerprint density at radius 2 is 1.59 bits per heavy atom. The monoisotopic (exact) mass is 393 g/mol. The summed E-state index contributed by atoms with van der Waals surface area (Å²) in [5.74, 6) is 0.969. The van der Waals surface area contributed by atoms with Gasteiger partial charge in [-0.25, -0.2) is 0 Å². The van der Waals surface area contributed by atoms with Crippen molar-refractivity contribution in [1.82, 2.24) is 4.98 Å². The number of methoxy groups -OCH3 is 1. The highest BCUT2D eigenvalue weighted by Gasteiger charge is 2.11. The number of aryl methyl sites for hydroxylation is 1. The van der Waals surface area contributed by atoms with Gasteiger partial charge >= 0.3 is 5.97 Å². The molecule has 1 heterocycles. The maximum atomic E-state index is 10.8. The molecule has 6 heteroatoms. The Balaban J connectivity index is 1.72. The number of carboxylic acids is 1. The lowest BCUT2D eigenvalue weighted by molar-refractivity contribution is -0.136. The zero-order valence-electron chi connectivity index (χ0n) is 16.2. The van der Waals surface area contributed by atoms with Gasteiger partial charge in [0.15, 0.2) is 11.5 Å². The number of benzene rings is 2. The standard InChI is InChI=1S/C23H23NO5/c1-27-20-10-7-18(8-11-20)16-29-22-14-24-19(9-12-23(25)26)13-21(22)28-15-17-5-3-2-4-6-17/h2-8,10-11,13-14H,9,12,15-16H2,1H3,(H,25,26). The molecule has 2 aromatic carbocycles. The van der Waals surface area contributed by atoms with Crippen molar-refractivity contribution in [2.75, 3.05) is 7.11 Å². The first-order valence-electron chi connectivity index (χ1n) is 9.27. The lowest BCUT2D eigenvalue weighted by Gasteiger charge is -2.14. The largest absolute Gasteiger partial charge is 0.497 e. The Labute approximate surface area is 169 Å². The van der Waals surface area contributed by atoms with E-state index in [1.165, 1.54) is 0 Å². The van der Waals surface area contributed by atoms with Crippen LogP contribution in [0.2, 0.25) is 0 Å². The minimum Gasteiger partial charge on any atom is -0.497 e. The molecule has 0 atom stereocenters. The molecule has 0 aliphatic heterocycles. The average Bonchev–Trinajstić information content (AvgIpc) is 2.76. The third-order valence-corrected chi connectivity index (χ3v) is 4.27. The number of pyridine rings is 1. The molecule has 0 fully saturated rings. The Morgan fingerprint density at radius 1 is 0.931 bits per heavy atom. The van der Waals surface area contributed by atoms with Gasteiger partial charge in [-0.05, 0) is 23.3 Å². The smallest absolute Gasteiger partial charge is 0.303 e. The molecule has 0 saturated heterocycles. The minimum atomic E-state index is -0.863. The molecule has 0 radical (unpaired) electrons. The number of carbonyl (C=O) groups is 1. The van der Waals surface area contributed by atoms with Gasteiger partial charge in [0.2, 0.25) is 0 Å². The van der Waals surface area contributed by atoms with Gasteiger partial charge in [0.25, 0.3) is 0 Å². The summed E-state index contributed by atoms with van der Waals surface area (Å²) < 4.78 is 17.0. The molecule has 1 N–H and O–H groups in total. The fraction of sp³-hybridized carbons (Fsp3) is 0.217. The number of carboxylic acid groups (broad SMARTS) is 1. The molecule has 0 aliphatic rings. The third-order valence-electron chi connectivity index (χ3n) is 4.27. The van der Waals surface area contributed by atoms with E-state index in [0.717, 1.165) is 16.9 Å². The van der Waals surface area contributed by atoms with Crippen molar-refractivity contribution < 1.29 is 24.1 Å². The van der Waals surface area contributed by atoms with Crippen LogP contribution in [0.4, 0.5) is 0 Å². The van der Waals surface area contributed by atoms with Crippen LogP contribution in [0.15, 0.2) is 66.9 Å². The summed E-state index contributed by atoms with van der Waals surface area (Å²) in [6, 6.07) is 19.1. The summed E-state index contributed by atoms with van der Waals surface area (Å²) in [5, 5.41) is 8.91. The first-order chi connectivity index (χ1) is 14.1. The van der Waals surface area contributed by atoms with Crippen LogP contribution in [0.1, 0.15) is 23.2 Å². The Bertz CT molecular complexity index is 926. The van der Waals surface area contributed by atoms with Crippen LogP contribution in [0.5, 0.6) is 17.2 Å². The van der Waals surface area contributed by atoms with Gasteiger partial charge in [-0.3, -0.25) is 9.78 Å². The van der Waals surface area contributed by atoms with E-state index in [-0.39, 0.29) is 6.42 Å². The van der Waals surface area contributed by atoms with Gasteiger partial charge < -0.3 is 19.3 Å². The van der Waals surface area contributed by atoms with Gasteiger partial charge in [0, 0.05) is 18.2 Å². The van der Waals surface area contributed by atoms with Crippen molar-refractivity contribution in [1.29, 1.82) is 0 Å². The predicted octanol–water partition coefficient (Wildman–Crippen LogP) is 4.27. The lowest BCUT2D eigenvalue weighted by atomic mass is 10.2. The van der Waals surface area contributed by atoms with E-state index < -0.39 is 5.97 Å². The number of ether oxygens (including phenoxy) is 3. The van der Waals surface area contributed by atoms with E-state index in [0.29, 0.717) is 36.8 Å². The number of aromatic nitrogens is 1. The second kappa shape index (κ2) is 10.1. The second-order valence-electron chi connectivity index (χ2n) is 6.43. The average molecular weight is 393 g/mol. The maximum Gasteiger partial charge on any atom is 0.303 e. The van der Waals surface area contributed by atoms with Gasteiger partial charge in [0.1, 0.15) is 19.0 Å². The summed E-state index contributed by atoms with van der Waals surface area (Å²) in [5.41, 5.74) is 2.65. The summed E-state index contributed by atoms with van der Waals surface area (Å²) >= 11 is 0. The molecule has 0 unspecified atom stereocenters. The minimum absolute atomic E-state index is 0.0111. The van der Waals surface area contributed by atoms with Crippen molar-refractivity contribution >= 4 is 5.97 Å². The fourth-order valence-electron chi connectivity index (χ4n) is 2.68. The Kier molecular flexibility index (Phi) is 7.05. The van der Waals surface area contributed by atoms with Crippen LogP contribution >= 0.6 is 0 Å². The van der Waals surface area contributed by atoms with E-state index >= 15 is 0 Å². The zero-order valence-corrected chi connectivity index (χ0v) is 16.2. The van der Waals surface area contributed by atoms with Crippen LogP contribution in [0, 0.1) is 0 Å². The van der Waals surface area contributed by atoms with E-state index in [9.17, 15) is 4.79 Å². The Morgan fingerprint density at radius 3 is 2.24 bits per heavy atom. The van der Waals surface area contributed by atoms with E-state index in [4.69, 9.17) is 19.3 Å². The maximum absolute atomic E-state index is 10.8. The highest BCUT2D eigenvalue weighted by molar-refractivity contribution is 5.67. The quantitative estimate of drug-likeness (QED) is 0.554. The van der Waals surface area contributed by atoms with E-state index in [1.54, 1.807) is 19.4 Å². The number of hydrogen-bond acceptors (Lipinski definition) is 5. The first kappa shape index (κ1) is 20.2. The van der Waals surface area contributed by atoms with Crippen molar-refractivity contribution in [3.63, 3.8) is 0 Å². The highest BCUT2D eigenvalue weighted by Crippen LogP contribution is 2.29. The summed E-state index contributed by atoms with van der Waals surface area (Å²) in [6.45, 7) is 0.726. The molecule has 0 spiro atoms. The summed E-state index contributed by atoms with van der Waals surface area (Å²) in [4.78, 5) is 15.2. The molecule has 0 saturated carbocycles. The van der Waals surface area contributed by atoms with Crippen molar-refractivity contribution in [3.05, 3.63) is 83.7 Å². The molecule has 0 amide bonds. The predicted molar refractivity (Wildman–Crippen MR) is 108 cm³/mol. The van der Waals surface area contributed by atoms with Crippen LogP contribution < -0.4 is 14.2 Å². The van der Waals surface area contributed by atoms with Crippen LogP contribution in [-0.4, -0.2) is 23.2 Å². The van der Waals surface area contributed by atoms with Gasteiger partial charge in [-0.2, -0.15) is 0 Å². The molecule has 3 rings (SSSR count). The van der Waals surface area contributed by atoms with E-state index in [1.807, 2.05) is 54.6 Å². The number of rotatable bonds is 10. The van der Waals surface area contributed by atoms with Gasteiger partial charge in [0.05, 0.1) is 19.7 Å². The topological polar surface area (TPSA) is 77.9 Å². The molecule has 0 bridgehead atoms. The summed E-state index contributed by atoms with van der Waals surface area (Å²) in [7, 11) is 1.62. The SMILES string of the molecule is COc1ccc(COc2cnc(CCC(=O)O)cc2OCc2ccccc2)cc1. The molecular weight excluding hydrogens is 370 g/mol. The van der Waals surface area contributed by atoms with Crippen LogP contribution in [0.25, 0.3) is 0 Å². The Hall–Kier alpha value is -3.54.